The van der Waals surface area contributed by atoms with Gasteiger partial charge < -0.3 is 10.2 Å². The average Bonchev–Trinajstić information content (AvgIpc) is 2.98. The summed E-state index contributed by atoms with van der Waals surface area (Å²) in [5.41, 5.74) is 1.16. The van der Waals surface area contributed by atoms with Crippen LogP contribution in [0.4, 0.5) is 11.4 Å². The molecule has 1 saturated heterocycles. The Balaban J connectivity index is 1.51. The molecule has 2 aromatic carbocycles. The van der Waals surface area contributed by atoms with Gasteiger partial charge in [0.05, 0.1) is 10.7 Å². The first-order valence-electron chi connectivity index (χ1n) is 10.2. The number of carbonyl (C=O) groups is 3. The molecule has 1 atom stereocenters. The molecule has 6 nitrogen and oxygen atoms in total. The second-order valence-electron chi connectivity index (χ2n) is 7.93. The highest BCUT2D eigenvalue weighted by Crippen LogP contribution is 2.35. The zero-order valence-corrected chi connectivity index (χ0v) is 19.5. The van der Waals surface area contributed by atoms with E-state index in [0.29, 0.717) is 22.2 Å². The predicted molar refractivity (Wildman–Crippen MR) is 126 cm³/mol. The van der Waals surface area contributed by atoms with E-state index in [1.807, 2.05) is 4.90 Å². The van der Waals surface area contributed by atoms with Crippen LogP contribution >= 0.6 is 34.8 Å². The van der Waals surface area contributed by atoms with Crippen LogP contribution in [-0.2, 0) is 9.59 Å². The number of hydrogen-bond acceptors (Lipinski definition) is 4. The van der Waals surface area contributed by atoms with Gasteiger partial charge in [0.1, 0.15) is 10.7 Å². The molecule has 32 heavy (non-hydrogen) atoms. The molecular formula is C23H20Cl3N3O3. The summed E-state index contributed by atoms with van der Waals surface area (Å²) in [7, 11) is 0. The van der Waals surface area contributed by atoms with Crippen molar-refractivity contribution in [3.8, 4) is 0 Å². The van der Waals surface area contributed by atoms with Crippen LogP contribution in [0.15, 0.2) is 53.2 Å². The summed E-state index contributed by atoms with van der Waals surface area (Å²) < 4.78 is 0. The van der Waals surface area contributed by atoms with E-state index in [4.69, 9.17) is 34.8 Å². The minimum atomic E-state index is -0.700. The molecule has 2 aromatic rings. The molecule has 1 unspecified atom stereocenters. The predicted octanol–water partition coefficient (Wildman–Crippen LogP) is 5.30. The Morgan fingerprint density at radius 2 is 1.75 bits per heavy atom. The van der Waals surface area contributed by atoms with E-state index in [9.17, 15) is 14.4 Å². The van der Waals surface area contributed by atoms with Crippen molar-refractivity contribution in [2.45, 2.75) is 19.8 Å². The Morgan fingerprint density at radius 1 is 1.03 bits per heavy atom. The van der Waals surface area contributed by atoms with Crippen LogP contribution in [0.2, 0.25) is 10.0 Å². The largest absolute Gasteiger partial charge is 0.350 e. The maximum atomic E-state index is 12.9. The molecule has 1 fully saturated rings. The van der Waals surface area contributed by atoms with Gasteiger partial charge in [0.15, 0.2) is 0 Å². The molecule has 2 heterocycles. The van der Waals surface area contributed by atoms with Gasteiger partial charge in [-0.3, -0.25) is 14.4 Å². The van der Waals surface area contributed by atoms with Crippen LogP contribution in [0.5, 0.6) is 0 Å². The molecule has 166 valence electrons. The van der Waals surface area contributed by atoms with Crippen LogP contribution in [0.3, 0.4) is 0 Å². The average molecular weight is 493 g/mol. The number of carbonyl (C=O) groups excluding carboxylic acids is 3. The molecule has 4 rings (SSSR count). The lowest BCUT2D eigenvalue weighted by atomic mass is 9.99. The van der Waals surface area contributed by atoms with Gasteiger partial charge in [-0.15, -0.1) is 0 Å². The molecule has 3 amide bonds. The molecule has 0 aromatic heterocycles. The smallest absolute Gasteiger partial charge is 0.283 e. The number of nitrogens with one attached hydrogen (secondary N) is 1. The Kier molecular flexibility index (Phi) is 6.47. The lowest BCUT2D eigenvalue weighted by Crippen LogP contribution is -2.39. The van der Waals surface area contributed by atoms with Crippen molar-refractivity contribution in [2.75, 3.05) is 23.3 Å². The molecule has 0 radical (unpaired) electrons. The van der Waals surface area contributed by atoms with Crippen LogP contribution in [0, 0.1) is 5.92 Å². The van der Waals surface area contributed by atoms with E-state index >= 15 is 0 Å². The maximum Gasteiger partial charge on any atom is 0.283 e. The van der Waals surface area contributed by atoms with E-state index in [1.54, 1.807) is 30.3 Å². The van der Waals surface area contributed by atoms with E-state index in [0.717, 1.165) is 30.8 Å². The SMILES string of the molecule is CC1CCCN(C(=O)c2ccc(NC3=C(Cl)C(=O)N(c4cc(Cl)ccc4Cl)C3=O)cc2)C1. The number of benzene rings is 2. The highest BCUT2D eigenvalue weighted by molar-refractivity contribution is 6.54. The number of rotatable bonds is 4. The summed E-state index contributed by atoms with van der Waals surface area (Å²) in [4.78, 5) is 41.1. The van der Waals surface area contributed by atoms with Crippen molar-refractivity contribution in [2.24, 2.45) is 5.92 Å². The summed E-state index contributed by atoms with van der Waals surface area (Å²) in [5.74, 6) is -0.875. The fraction of sp³-hybridized carbons (Fsp3) is 0.261. The monoisotopic (exact) mass is 491 g/mol. The van der Waals surface area contributed by atoms with Gasteiger partial charge in [-0.1, -0.05) is 41.7 Å². The first-order valence-corrected chi connectivity index (χ1v) is 11.3. The lowest BCUT2D eigenvalue weighted by Gasteiger charge is -2.31. The third kappa shape index (κ3) is 4.35. The summed E-state index contributed by atoms with van der Waals surface area (Å²) in [6.45, 7) is 3.65. The van der Waals surface area contributed by atoms with Gasteiger partial charge in [0.25, 0.3) is 17.7 Å². The van der Waals surface area contributed by atoms with Crippen molar-refractivity contribution < 1.29 is 14.4 Å². The van der Waals surface area contributed by atoms with E-state index in [1.165, 1.54) is 12.1 Å². The van der Waals surface area contributed by atoms with Crippen LogP contribution in [0.25, 0.3) is 0 Å². The van der Waals surface area contributed by atoms with Gasteiger partial charge in [-0.25, -0.2) is 4.90 Å². The number of likely N-dealkylation sites (tertiary alicyclic amines) is 1. The zero-order valence-electron chi connectivity index (χ0n) is 17.2. The van der Waals surface area contributed by atoms with Crippen LogP contribution < -0.4 is 10.2 Å². The molecular weight excluding hydrogens is 473 g/mol. The zero-order chi connectivity index (χ0) is 23.0. The highest BCUT2D eigenvalue weighted by Gasteiger charge is 2.40. The minimum Gasteiger partial charge on any atom is -0.350 e. The van der Waals surface area contributed by atoms with Gasteiger partial charge in [-0.2, -0.15) is 0 Å². The number of anilines is 2. The first-order chi connectivity index (χ1) is 15.3. The first kappa shape index (κ1) is 22.6. The van der Waals surface area contributed by atoms with Gasteiger partial charge >= 0.3 is 0 Å². The van der Waals surface area contributed by atoms with Crippen molar-refractivity contribution in [3.05, 3.63) is 68.8 Å². The quantitative estimate of drug-likeness (QED) is 0.588. The van der Waals surface area contributed by atoms with Gasteiger partial charge in [0.2, 0.25) is 0 Å². The summed E-state index contributed by atoms with van der Waals surface area (Å²) >= 11 is 18.3. The van der Waals surface area contributed by atoms with Crippen molar-refractivity contribution in [3.63, 3.8) is 0 Å². The van der Waals surface area contributed by atoms with Gasteiger partial charge in [0, 0.05) is 29.4 Å². The fourth-order valence-electron chi connectivity index (χ4n) is 3.88. The second-order valence-corrected chi connectivity index (χ2v) is 9.15. The fourth-order valence-corrected chi connectivity index (χ4v) is 4.47. The molecule has 0 spiro atoms. The van der Waals surface area contributed by atoms with Crippen molar-refractivity contribution >= 4 is 63.9 Å². The number of halogens is 3. The van der Waals surface area contributed by atoms with E-state index < -0.39 is 11.8 Å². The third-order valence-electron chi connectivity index (χ3n) is 5.52. The van der Waals surface area contributed by atoms with Gasteiger partial charge in [-0.05, 0) is 61.2 Å². The number of hydrogen-bond donors (Lipinski definition) is 1. The molecule has 0 saturated carbocycles. The minimum absolute atomic E-state index is 0.0192. The van der Waals surface area contributed by atoms with Crippen LogP contribution in [-0.4, -0.2) is 35.7 Å². The van der Waals surface area contributed by atoms with E-state index in [2.05, 4.69) is 12.2 Å². The Labute approximate surface area is 200 Å². The molecule has 0 aliphatic carbocycles. The molecule has 9 heteroatoms. The number of amides is 3. The Bertz CT molecular complexity index is 1130. The molecule has 2 aliphatic heterocycles. The van der Waals surface area contributed by atoms with E-state index in [-0.39, 0.29) is 27.3 Å². The Morgan fingerprint density at radius 3 is 2.44 bits per heavy atom. The third-order valence-corrected chi connectivity index (χ3v) is 6.43. The standard InChI is InChI=1S/C23H20Cl3N3O3/c1-13-3-2-10-28(12-13)21(30)14-4-7-16(8-5-14)27-20-19(26)22(31)29(23(20)32)18-11-15(24)6-9-17(18)25/h4-9,11,13,27H,2-3,10,12H2,1H3. The normalized spacial score (nSPS) is 19.1. The Hall–Kier alpha value is -2.54. The molecule has 2 aliphatic rings. The summed E-state index contributed by atoms with van der Waals surface area (Å²) in [5, 5.41) is 3.15. The number of nitrogens with zero attached hydrogens (tertiary/aromatic N) is 2. The molecule has 0 bridgehead atoms. The maximum absolute atomic E-state index is 12.9. The van der Waals surface area contributed by atoms with Crippen molar-refractivity contribution in [1.29, 1.82) is 0 Å². The topological polar surface area (TPSA) is 69.7 Å². The lowest BCUT2D eigenvalue weighted by molar-refractivity contribution is -0.120. The number of piperidine rings is 1. The highest BCUT2D eigenvalue weighted by atomic mass is 35.5. The van der Waals surface area contributed by atoms with Crippen molar-refractivity contribution in [1.82, 2.24) is 4.90 Å². The second kappa shape index (κ2) is 9.14. The molecule has 1 N–H and O–H groups in total. The van der Waals surface area contributed by atoms with Crippen LogP contribution in [0.1, 0.15) is 30.1 Å². The summed E-state index contributed by atoms with van der Waals surface area (Å²) in [6.07, 6.45) is 2.13. The summed E-state index contributed by atoms with van der Waals surface area (Å²) in [6, 6.07) is 11.2. The number of imide groups is 1.